The van der Waals surface area contributed by atoms with E-state index in [0.717, 1.165) is 0 Å². The minimum absolute atomic E-state index is 0.0184. The highest BCUT2D eigenvalue weighted by Crippen LogP contribution is 2.30. The number of halogens is 21. The molecule has 25 heteroatoms. The Kier molecular flexibility index (Phi) is 13.6. The van der Waals surface area contributed by atoms with Crippen LogP contribution in [-0.4, -0.2) is 24.4 Å². The fourth-order valence-electron chi connectivity index (χ4n) is 6.58. The van der Waals surface area contributed by atoms with Gasteiger partial charge in [0, 0.05) is 23.3 Å². The van der Waals surface area contributed by atoms with Crippen molar-refractivity contribution in [2.75, 3.05) is 6.67 Å². The molecule has 1 aromatic heterocycles. The number of rotatable bonds is 9. The number of benzene rings is 5. The molecule has 0 aliphatic carbocycles. The van der Waals surface area contributed by atoms with Gasteiger partial charge in [-0.25, -0.2) is 92.2 Å². The minimum atomic E-state index is -7.22. The molecule has 0 spiro atoms. The lowest BCUT2D eigenvalue weighted by molar-refractivity contribution is -0.683. The molecule has 6 aromatic rings. The number of alkyl halides is 1. The van der Waals surface area contributed by atoms with Gasteiger partial charge >= 0.3 is 0 Å². The fraction of sp³-hybridized carbons (Fsp3) is 0.0513. The van der Waals surface area contributed by atoms with Gasteiger partial charge in [-0.1, -0.05) is 30.3 Å². The standard InChI is InChI=1S/C24BF20.C15H13FNO2/c26-5-1(6(27)14(35)21(42)13(5)34)25(2-7(28)15(36)22(43)16(37)8(2)29,3-9(30)17(38)23(44)18(39)10(3)31)4-11(32)19(40)24(45)20(41)12(4)33;16-10-14(18)13-6-8-17(9-7-13)11-15(19)12-4-2-1-3-5-12/h;1-9H,10-11H2/q-1;+1. The fourth-order valence-corrected chi connectivity index (χ4v) is 6.58. The van der Waals surface area contributed by atoms with Crippen molar-refractivity contribution in [3.63, 3.8) is 0 Å². The number of aromatic nitrogens is 1. The molecule has 336 valence electrons. The maximum absolute atomic E-state index is 15.4. The molecule has 0 fully saturated rings. The molecule has 0 aliphatic heterocycles. The Bertz CT molecular complexity index is 2490. The van der Waals surface area contributed by atoms with E-state index < -0.39 is 157 Å². The van der Waals surface area contributed by atoms with E-state index in [9.17, 15) is 66.7 Å². The third-order valence-corrected chi connectivity index (χ3v) is 9.46. The summed E-state index contributed by atoms with van der Waals surface area (Å²) in [4.78, 5) is 23.1. The van der Waals surface area contributed by atoms with Gasteiger partial charge < -0.3 is 0 Å². The molecule has 0 N–H and O–H groups in total. The van der Waals surface area contributed by atoms with E-state index in [2.05, 4.69) is 0 Å². The van der Waals surface area contributed by atoms with E-state index in [0.29, 0.717) is 11.1 Å². The Morgan fingerprint density at radius 1 is 0.344 bits per heavy atom. The largest absolute Gasteiger partial charge is 0.291 e. The van der Waals surface area contributed by atoms with E-state index >= 15 is 35.1 Å². The summed E-state index contributed by atoms with van der Waals surface area (Å²) < 4.78 is 308. The van der Waals surface area contributed by atoms with Crippen LogP contribution in [0.2, 0.25) is 0 Å². The van der Waals surface area contributed by atoms with Crippen LogP contribution in [0.3, 0.4) is 0 Å². The molecule has 0 bridgehead atoms. The highest BCUT2D eigenvalue weighted by atomic mass is 19.2. The second-order valence-electron chi connectivity index (χ2n) is 12.9. The lowest BCUT2D eigenvalue weighted by atomic mass is 9.12. The quantitative estimate of drug-likeness (QED) is 0.0370. The van der Waals surface area contributed by atoms with Crippen LogP contribution in [0.15, 0.2) is 54.9 Å². The molecule has 0 saturated carbocycles. The van der Waals surface area contributed by atoms with Crippen molar-refractivity contribution in [2.45, 2.75) is 6.54 Å². The van der Waals surface area contributed by atoms with Crippen LogP contribution in [-0.2, 0) is 6.54 Å². The van der Waals surface area contributed by atoms with Crippen LogP contribution >= 0.6 is 0 Å². The summed E-state index contributed by atoms with van der Waals surface area (Å²) in [5.74, 6) is -72.0. The van der Waals surface area contributed by atoms with Crippen LogP contribution in [0.1, 0.15) is 20.7 Å². The molecule has 1 heterocycles. The zero-order valence-electron chi connectivity index (χ0n) is 30.4. The number of Topliss-reactive ketones (excluding diaryl/α,β-unsaturated/α-hetero) is 2. The van der Waals surface area contributed by atoms with Gasteiger partial charge in [0.1, 0.15) is 52.7 Å². The predicted molar refractivity (Wildman–Crippen MR) is 177 cm³/mol. The first-order chi connectivity index (χ1) is 29.9. The first-order valence-electron chi connectivity index (χ1n) is 16.8. The van der Waals surface area contributed by atoms with Crippen LogP contribution in [0.5, 0.6) is 0 Å². The average molecular weight is 937 g/mol. The molecule has 5 aromatic carbocycles. The molecule has 6 rings (SSSR count). The summed E-state index contributed by atoms with van der Waals surface area (Å²) in [6.45, 7) is -0.818. The zero-order chi connectivity index (χ0) is 48.0. The molecule has 0 unspecified atom stereocenters. The van der Waals surface area contributed by atoms with Crippen LogP contribution in [0.4, 0.5) is 92.2 Å². The van der Waals surface area contributed by atoms with Gasteiger partial charge in [-0.15, -0.1) is 21.9 Å². The number of hydrogen-bond acceptors (Lipinski definition) is 2. The van der Waals surface area contributed by atoms with E-state index in [4.69, 9.17) is 0 Å². The monoisotopic (exact) mass is 937 g/mol. The summed E-state index contributed by atoms with van der Waals surface area (Å²) in [5, 5.41) is 0. The van der Waals surface area contributed by atoms with Crippen molar-refractivity contribution in [1.29, 1.82) is 0 Å². The van der Waals surface area contributed by atoms with Crippen molar-refractivity contribution >= 4 is 39.6 Å². The Morgan fingerprint density at radius 2 is 0.578 bits per heavy atom. The Morgan fingerprint density at radius 3 is 0.828 bits per heavy atom. The average Bonchev–Trinajstić information content (AvgIpc) is 3.29. The zero-order valence-corrected chi connectivity index (χ0v) is 30.4. The van der Waals surface area contributed by atoms with Crippen molar-refractivity contribution < 1.29 is 106 Å². The van der Waals surface area contributed by atoms with E-state index in [-0.39, 0.29) is 12.3 Å². The predicted octanol–water partition coefficient (Wildman–Crippen LogP) is 7.86. The van der Waals surface area contributed by atoms with Crippen molar-refractivity contribution in [1.82, 2.24) is 0 Å². The second kappa shape index (κ2) is 18.1. The van der Waals surface area contributed by atoms with Crippen molar-refractivity contribution in [3.05, 3.63) is 182 Å². The molecule has 0 saturated heterocycles. The Labute approximate surface area is 341 Å². The molecule has 0 aliphatic rings. The third kappa shape index (κ3) is 7.69. The summed E-state index contributed by atoms with van der Waals surface area (Å²) in [7, 11) is 0. The number of carbonyl (C=O) groups is 2. The van der Waals surface area contributed by atoms with Gasteiger partial charge in [-0.05, 0) is 0 Å². The van der Waals surface area contributed by atoms with E-state index in [1.54, 1.807) is 41.2 Å². The number of carbonyl (C=O) groups excluding carboxylic acids is 2. The van der Waals surface area contributed by atoms with Gasteiger partial charge in [0.05, 0.1) is 0 Å². The minimum Gasteiger partial charge on any atom is -0.291 e. The molecule has 64 heavy (non-hydrogen) atoms. The maximum atomic E-state index is 15.4. The smallest absolute Gasteiger partial charge is 0.227 e. The summed E-state index contributed by atoms with van der Waals surface area (Å²) in [6, 6.07) is 12.0. The topological polar surface area (TPSA) is 38.0 Å². The number of nitrogens with zero attached hydrogens (tertiary/aromatic N) is 1. The van der Waals surface area contributed by atoms with Gasteiger partial charge in [0.15, 0.2) is 94.7 Å². The first-order valence-corrected chi connectivity index (χ1v) is 16.8. The third-order valence-electron chi connectivity index (χ3n) is 9.46. The summed E-state index contributed by atoms with van der Waals surface area (Å²) in [6.07, 6.45) is -4.02. The number of pyridine rings is 1. The Hall–Kier alpha value is -6.82. The van der Waals surface area contributed by atoms with E-state index in [1.807, 2.05) is 6.07 Å². The van der Waals surface area contributed by atoms with Crippen molar-refractivity contribution in [3.8, 4) is 0 Å². The van der Waals surface area contributed by atoms with Gasteiger partial charge in [0.2, 0.25) is 12.3 Å². The van der Waals surface area contributed by atoms with Gasteiger partial charge in [-0.3, -0.25) is 9.59 Å². The lowest BCUT2D eigenvalue weighted by Crippen LogP contribution is -2.81. The molecular formula is C39H13BF21NO2. The molecule has 0 radical (unpaired) electrons. The van der Waals surface area contributed by atoms with Gasteiger partial charge in [-0.2, -0.15) is 4.57 Å². The summed E-state index contributed by atoms with van der Waals surface area (Å²) in [5.41, 5.74) is -13.4. The van der Waals surface area contributed by atoms with E-state index in [1.165, 1.54) is 12.1 Å². The van der Waals surface area contributed by atoms with Crippen LogP contribution < -0.4 is 26.4 Å². The SMILES string of the molecule is Fc1c(F)c(F)c([B-](c2c(F)c(F)c(F)c(F)c2F)(c2c(F)c(F)c(F)c(F)c2F)c2c(F)c(F)c(F)c(F)c2F)c(F)c1F.O=C(CF)c1cc[n+](CC(=O)c2ccccc2)cc1. The normalized spacial score (nSPS) is 11.5. The summed E-state index contributed by atoms with van der Waals surface area (Å²) >= 11 is 0. The molecule has 3 nitrogen and oxygen atoms in total. The van der Waals surface area contributed by atoms with Crippen molar-refractivity contribution in [2.24, 2.45) is 0 Å². The number of hydrogen-bond donors (Lipinski definition) is 0. The lowest BCUT2D eigenvalue weighted by Gasteiger charge is -2.44. The molecular weight excluding hydrogens is 924 g/mol. The maximum Gasteiger partial charge on any atom is 0.227 e. The van der Waals surface area contributed by atoms with Gasteiger partial charge in [0.25, 0.3) is 0 Å². The molecule has 0 amide bonds. The number of ketones is 2. The second-order valence-corrected chi connectivity index (χ2v) is 12.9. The first kappa shape index (κ1) is 48.2. The Balaban J connectivity index is 0.000000337. The van der Waals surface area contributed by atoms with Crippen LogP contribution in [0.25, 0.3) is 0 Å². The highest BCUT2D eigenvalue weighted by molar-refractivity contribution is 7.20. The molecule has 0 atom stereocenters. The van der Waals surface area contributed by atoms with Crippen LogP contribution in [0, 0.1) is 116 Å². The highest BCUT2D eigenvalue weighted by Gasteiger charge is 2.52.